The monoisotopic (exact) mass is 311 g/mol. The summed E-state index contributed by atoms with van der Waals surface area (Å²) in [6.07, 6.45) is 2.29. The fourth-order valence-electron chi connectivity index (χ4n) is 2.79. The van der Waals surface area contributed by atoms with Gasteiger partial charge in [-0.3, -0.25) is 9.59 Å². The third-order valence-corrected chi connectivity index (χ3v) is 3.88. The Morgan fingerprint density at radius 1 is 1.22 bits per heavy atom. The van der Waals surface area contributed by atoms with E-state index in [0.29, 0.717) is 29.0 Å². The number of fused-ring (bicyclic) bond motifs is 1. The van der Waals surface area contributed by atoms with Crippen molar-refractivity contribution in [3.8, 4) is 0 Å². The van der Waals surface area contributed by atoms with Crippen LogP contribution in [0.25, 0.3) is 0 Å². The summed E-state index contributed by atoms with van der Waals surface area (Å²) in [5.41, 5.74) is 10.6. The number of hydrogen-bond donors (Lipinski definition) is 2. The third-order valence-electron chi connectivity index (χ3n) is 3.88. The number of rotatable bonds is 3. The van der Waals surface area contributed by atoms with E-state index in [2.05, 4.69) is 10.5 Å². The first-order valence-electron chi connectivity index (χ1n) is 7.42. The molecule has 1 heterocycles. The Bertz CT molecular complexity index is 791. The molecule has 6 nitrogen and oxygen atoms in total. The van der Waals surface area contributed by atoms with Gasteiger partial charge in [-0.2, -0.15) is 5.10 Å². The lowest BCUT2D eigenvalue weighted by molar-refractivity contribution is 0.0952. The van der Waals surface area contributed by atoms with E-state index in [1.54, 1.807) is 31.2 Å². The van der Waals surface area contributed by atoms with E-state index in [-0.39, 0.29) is 11.7 Å². The molecule has 3 rings (SSSR count). The summed E-state index contributed by atoms with van der Waals surface area (Å²) < 4.78 is 5.55. The van der Waals surface area contributed by atoms with Gasteiger partial charge in [0.1, 0.15) is 5.76 Å². The number of aryl methyl sites for hydroxylation is 1. The summed E-state index contributed by atoms with van der Waals surface area (Å²) in [4.78, 5) is 23.5. The number of benzene rings is 1. The normalized spacial score (nSPS) is 15.3. The van der Waals surface area contributed by atoms with Crippen LogP contribution in [0, 0.1) is 6.92 Å². The number of carbonyl (C=O) groups excluding carboxylic acids is 2. The highest BCUT2D eigenvalue weighted by Gasteiger charge is 2.27. The number of hydrogen-bond acceptors (Lipinski definition) is 4. The number of nitrogens with zero attached hydrogens (tertiary/aromatic N) is 1. The smallest absolute Gasteiger partial charge is 0.284 e. The zero-order chi connectivity index (χ0) is 16.4. The first-order valence-corrected chi connectivity index (χ1v) is 7.42. The molecule has 118 valence electrons. The average Bonchev–Trinajstić information content (AvgIpc) is 2.91. The van der Waals surface area contributed by atoms with E-state index in [4.69, 9.17) is 10.2 Å². The minimum Gasteiger partial charge on any atom is -0.455 e. The molecule has 0 spiro atoms. The molecule has 0 saturated carbocycles. The number of amides is 2. The van der Waals surface area contributed by atoms with Crippen molar-refractivity contribution in [3.05, 3.63) is 58.5 Å². The molecule has 1 aromatic carbocycles. The quantitative estimate of drug-likeness (QED) is 0.850. The van der Waals surface area contributed by atoms with Crippen LogP contribution in [-0.4, -0.2) is 17.5 Å². The van der Waals surface area contributed by atoms with Gasteiger partial charge in [-0.25, -0.2) is 5.43 Å². The number of carbonyl (C=O) groups is 2. The molecule has 6 heteroatoms. The van der Waals surface area contributed by atoms with Gasteiger partial charge in [0.05, 0.1) is 5.71 Å². The predicted molar refractivity (Wildman–Crippen MR) is 85.3 cm³/mol. The van der Waals surface area contributed by atoms with Crippen molar-refractivity contribution in [3.63, 3.8) is 0 Å². The molecule has 2 aromatic rings. The molecule has 0 unspecified atom stereocenters. The number of furan rings is 1. The van der Waals surface area contributed by atoms with Crippen molar-refractivity contribution >= 4 is 17.5 Å². The van der Waals surface area contributed by atoms with E-state index in [1.807, 2.05) is 6.07 Å². The number of primary amides is 1. The van der Waals surface area contributed by atoms with Crippen molar-refractivity contribution in [2.24, 2.45) is 10.8 Å². The van der Waals surface area contributed by atoms with E-state index in [0.717, 1.165) is 18.4 Å². The Hall–Kier alpha value is -2.89. The second-order valence-electron chi connectivity index (χ2n) is 5.44. The Morgan fingerprint density at radius 2 is 1.96 bits per heavy atom. The van der Waals surface area contributed by atoms with Crippen LogP contribution in [0.15, 0.2) is 39.9 Å². The molecule has 23 heavy (non-hydrogen) atoms. The SMILES string of the molecule is Cc1c(C(N)=O)oc2c1/C(=N/NC(=O)c1ccccc1)CCC2. The molecule has 3 N–H and O–H groups in total. The van der Waals surface area contributed by atoms with Gasteiger partial charge >= 0.3 is 0 Å². The Labute approximate surface area is 133 Å². The van der Waals surface area contributed by atoms with Crippen LogP contribution in [0.3, 0.4) is 0 Å². The van der Waals surface area contributed by atoms with Crippen molar-refractivity contribution < 1.29 is 14.0 Å². The lowest BCUT2D eigenvalue weighted by Gasteiger charge is -2.13. The molecule has 1 aromatic heterocycles. The van der Waals surface area contributed by atoms with Crippen molar-refractivity contribution in [1.82, 2.24) is 5.43 Å². The molecule has 0 fully saturated rings. The first kappa shape index (κ1) is 15.0. The van der Waals surface area contributed by atoms with Gasteiger partial charge in [0, 0.05) is 23.1 Å². The summed E-state index contributed by atoms with van der Waals surface area (Å²) in [7, 11) is 0. The second kappa shape index (κ2) is 6.08. The first-order chi connectivity index (χ1) is 11.1. The molecule has 0 bridgehead atoms. The van der Waals surface area contributed by atoms with Gasteiger partial charge < -0.3 is 10.2 Å². The van der Waals surface area contributed by atoms with Crippen LogP contribution < -0.4 is 11.2 Å². The summed E-state index contributed by atoms with van der Waals surface area (Å²) >= 11 is 0. The molecule has 1 aliphatic carbocycles. The Morgan fingerprint density at radius 3 is 2.65 bits per heavy atom. The van der Waals surface area contributed by atoms with E-state index in [9.17, 15) is 9.59 Å². The summed E-state index contributed by atoms with van der Waals surface area (Å²) in [5, 5.41) is 4.24. The van der Waals surface area contributed by atoms with Gasteiger partial charge in [-0.15, -0.1) is 0 Å². The van der Waals surface area contributed by atoms with Gasteiger partial charge in [0.15, 0.2) is 5.76 Å². The second-order valence-corrected chi connectivity index (χ2v) is 5.44. The minimum absolute atomic E-state index is 0.166. The topological polar surface area (TPSA) is 97.7 Å². The fourth-order valence-corrected chi connectivity index (χ4v) is 2.79. The molecule has 0 atom stereocenters. The maximum atomic E-state index is 12.1. The van der Waals surface area contributed by atoms with Crippen LogP contribution in [0.5, 0.6) is 0 Å². The molecule has 0 saturated heterocycles. The van der Waals surface area contributed by atoms with Crippen LogP contribution in [0.1, 0.15) is 50.6 Å². The number of nitrogens with one attached hydrogen (secondary N) is 1. The largest absolute Gasteiger partial charge is 0.455 e. The van der Waals surface area contributed by atoms with Gasteiger partial charge in [-0.05, 0) is 31.9 Å². The lowest BCUT2D eigenvalue weighted by Crippen LogP contribution is -2.22. The zero-order valence-electron chi connectivity index (χ0n) is 12.8. The third kappa shape index (κ3) is 2.88. The highest BCUT2D eigenvalue weighted by atomic mass is 16.4. The maximum Gasteiger partial charge on any atom is 0.284 e. The van der Waals surface area contributed by atoms with Crippen molar-refractivity contribution in [1.29, 1.82) is 0 Å². The average molecular weight is 311 g/mol. The standard InChI is InChI=1S/C17H17N3O3/c1-10-14-12(8-5-9-13(14)23-15(10)16(18)21)19-20-17(22)11-6-3-2-4-7-11/h2-4,6-7H,5,8-9H2,1H3,(H2,18,21)(H,20,22)/b19-12+. The molecule has 1 aliphatic rings. The molecule has 0 aliphatic heterocycles. The van der Waals surface area contributed by atoms with Crippen LogP contribution in [-0.2, 0) is 6.42 Å². The summed E-state index contributed by atoms with van der Waals surface area (Å²) in [5.74, 6) is 0.000290. The van der Waals surface area contributed by atoms with E-state index < -0.39 is 5.91 Å². The fraction of sp³-hybridized carbons (Fsp3) is 0.235. The number of nitrogens with two attached hydrogens (primary N) is 1. The molecule has 0 radical (unpaired) electrons. The number of hydrazone groups is 1. The van der Waals surface area contributed by atoms with Crippen molar-refractivity contribution in [2.45, 2.75) is 26.2 Å². The van der Waals surface area contributed by atoms with Crippen LogP contribution >= 0.6 is 0 Å². The van der Waals surface area contributed by atoms with Crippen LogP contribution in [0.2, 0.25) is 0 Å². The van der Waals surface area contributed by atoms with E-state index >= 15 is 0 Å². The lowest BCUT2D eigenvalue weighted by atomic mass is 9.93. The highest BCUT2D eigenvalue weighted by Crippen LogP contribution is 2.29. The van der Waals surface area contributed by atoms with Gasteiger partial charge in [0.25, 0.3) is 11.8 Å². The molecular weight excluding hydrogens is 294 g/mol. The van der Waals surface area contributed by atoms with Gasteiger partial charge in [-0.1, -0.05) is 18.2 Å². The van der Waals surface area contributed by atoms with Crippen LogP contribution in [0.4, 0.5) is 0 Å². The van der Waals surface area contributed by atoms with Gasteiger partial charge in [0.2, 0.25) is 0 Å². The maximum absolute atomic E-state index is 12.1. The summed E-state index contributed by atoms with van der Waals surface area (Å²) in [6.45, 7) is 1.78. The minimum atomic E-state index is -0.593. The predicted octanol–water partition coefficient (Wildman–Crippen LogP) is 2.16. The zero-order valence-corrected chi connectivity index (χ0v) is 12.8. The molecule has 2 amide bonds. The van der Waals surface area contributed by atoms with E-state index in [1.165, 1.54) is 0 Å². The Kier molecular flexibility index (Phi) is 3.97. The summed E-state index contributed by atoms with van der Waals surface area (Å²) in [6, 6.07) is 8.86. The highest BCUT2D eigenvalue weighted by molar-refractivity contribution is 6.07. The molecular formula is C17H17N3O3. The van der Waals surface area contributed by atoms with Crippen molar-refractivity contribution in [2.75, 3.05) is 0 Å². The Balaban J connectivity index is 1.88.